The molecule has 1 heterocycles. The SMILES string of the molecule is COc1ccc(COc2ccc3c(c2)n(C[C@H]2CC[C@H](C(=O)OC)CC2)c(=O)n3C)cc1. The van der Waals surface area contributed by atoms with Gasteiger partial charge in [0.2, 0.25) is 0 Å². The number of nitrogens with zero attached hydrogens (tertiary/aromatic N) is 2. The van der Waals surface area contributed by atoms with Crippen LogP contribution in [0, 0.1) is 11.8 Å². The molecule has 170 valence electrons. The predicted octanol–water partition coefficient (Wildman–Crippen LogP) is 3.91. The summed E-state index contributed by atoms with van der Waals surface area (Å²) in [5.41, 5.74) is 2.77. The minimum Gasteiger partial charge on any atom is -0.497 e. The van der Waals surface area contributed by atoms with Crippen LogP contribution in [0.3, 0.4) is 0 Å². The summed E-state index contributed by atoms with van der Waals surface area (Å²) in [5.74, 6) is 1.76. The van der Waals surface area contributed by atoms with Gasteiger partial charge in [-0.25, -0.2) is 4.79 Å². The van der Waals surface area contributed by atoms with E-state index in [1.165, 1.54) is 7.11 Å². The van der Waals surface area contributed by atoms with Crippen molar-refractivity contribution in [1.82, 2.24) is 9.13 Å². The van der Waals surface area contributed by atoms with Gasteiger partial charge >= 0.3 is 11.7 Å². The monoisotopic (exact) mass is 438 g/mol. The summed E-state index contributed by atoms with van der Waals surface area (Å²) in [7, 11) is 4.89. The van der Waals surface area contributed by atoms with E-state index in [0.29, 0.717) is 19.1 Å². The van der Waals surface area contributed by atoms with Crippen molar-refractivity contribution < 1.29 is 19.0 Å². The molecule has 2 aromatic carbocycles. The van der Waals surface area contributed by atoms with Gasteiger partial charge in [-0.2, -0.15) is 0 Å². The van der Waals surface area contributed by atoms with Gasteiger partial charge in [0.05, 0.1) is 31.2 Å². The lowest BCUT2D eigenvalue weighted by molar-refractivity contribution is -0.146. The first-order valence-corrected chi connectivity index (χ1v) is 11.0. The van der Waals surface area contributed by atoms with E-state index in [-0.39, 0.29) is 17.6 Å². The Morgan fingerprint density at radius 1 is 0.969 bits per heavy atom. The maximum atomic E-state index is 12.9. The zero-order valence-corrected chi connectivity index (χ0v) is 18.9. The lowest BCUT2D eigenvalue weighted by Crippen LogP contribution is -2.29. The Balaban J connectivity index is 1.49. The van der Waals surface area contributed by atoms with Crippen LogP contribution in [0.25, 0.3) is 11.0 Å². The molecule has 0 saturated heterocycles. The summed E-state index contributed by atoms with van der Waals surface area (Å²) in [5, 5.41) is 0. The minimum atomic E-state index is -0.121. The van der Waals surface area contributed by atoms with Gasteiger partial charge < -0.3 is 14.2 Å². The smallest absolute Gasteiger partial charge is 0.328 e. The van der Waals surface area contributed by atoms with Gasteiger partial charge in [0.25, 0.3) is 0 Å². The number of esters is 1. The molecule has 0 unspecified atom stereocenters. The van der Waals surface area contributed by atoms with Crippen molar-refractivity contribution in [2.75, 3.05) is 14.2 Å². The zero-order chi connectivity index (χ0) is 22.7. The molecule has 0 amide bonds. The molecule has 7 heteroatoms. The molecule has 3 aromatic rings. The second kappa shape index (κ2) is 9.51. The van der Waals surface area contributed by atoms with E-state index in [1.54, 1.807) is 18.7 Å². The maximum absolute atomic E-state index is 12.9. The van der Waals surface area contributed by atoms with Crippen molar-refractivity contribution in [3.8, 4) is 11.5 Å². The minimum absolute atomic E-state index is 0.0153. The number of benzene rings is 2. The summed E-state index contributed by atoms with van der Waals surface area (Å²) >= 11 is 0. The normalized spacial score (nSPS) is 18.5. The topological polar surface area (TPSA) is 71.7 Å². The molecule has 7 nitrogen and oxygen atoms in total. The molecule has 32 heavy (non-hydrogen) atoms. The Labute approximate surface area is 187 Å². The second-order valence-corrected chi connectivity index (χ2v) is 8.48. The number of carbonyl (C=O) groups is 1. The van der Waals surface area contributed by atoms with Crippen LogP contribution in [0.4, 0.5) is 0 Å². The number of methoxy groups -OCH3 is 2. The third kappa shape index (κ3) is 4.52. The molecule has 1 fully saturated rings. The number of ether oxygens (including phenoxy) is 3. The number of imidazole rings is 1. The van der Waals surface area contributed by atoms with Gasteiger partial charge in [0.1, 0.15) is 18.1 Å². The van der Waals surface area contributed by atoms with Crippen molar-refractivity contribution in [3.63, 3.8) is 0 Å². The number of aryl methyl sites for hydroxylation is 1. The van der Waals surface area contributed by atoms with Gasteiger partial charge in [-0.15, -0.1) is 0 Å². The largest absolute Gasteiger partial charge is 0.497 e. The lowest BCUT2D eigenvalue weighted by atomic mass is 9.82. The second-order valence-electron chi connectivity index (χ2n) is 8.48. The summed E-state index contributed by atoms with van der Waals surface area (Å²) in [6, 6.07) is 13.5. The third-order valence-electron chi connectivity index (χ3n) is 6.50. The van der Waals surface area contributed by atoms with E-state index in [2.05, 4.69) is 0 Å². The molecule has 1 saturated carbocycles. The Bertz CT molecular complexity index is 1140. The van der Waals surface area contributed by atoms with Crippen molar-refractivity contribution in [1.29, 1.82) is 0 Å². The Morgan fingerprint density at radius 3 is 2.31 bits per heavy atom. The molecule has 0 spiro atoms. The summed E-state index contributed by atoms with van der Waals surface area (Å²) in [6.45, 7) is 1.08. The molecule has 1 aliphatic carbocycles. The number of aromatic nitrogens is 2. The van der Waals surface area contributed by atoms with Crippen LogP contribution < -0.4 is 15.2 Å². The number of carbonyl (C=O) groups excluding carboxylic acids is 1. The molecule has 0 atom stereocenters. The first-order chi connectivity index (χ1) is 15.5. The molecule has 0 N–H and O–H groups in total. The van der Waals surface area contributed by atoms with Crippen molar-refractivity contribution >= 4 is 17.0 Å². The van der Waals surface area contributed by atoms with Crippen LogP contribution in [0.2, 0.25) is 0 Å². The highest BCUT2D eigenvalue weighted by Gasteiger charge is 2.28. The van der Waals surface area contributed by atoms with Gasteiger partial charge in [-0.3, -0.25) is 13.9 Å². The standard InChI is InChI=1S/C25H30N2O5/c1-26-22-13-12-21(32-16-18-6-10-20(30-2)11-7-18)14-23(22)27(25(26)29)15-17-4-8-19(9-5-17)24(28)31-3/h6-7,10-14,17,19H,4-5,8-9,15-16H2,1-3H3/t17-,19-. The molecule has 0 bridgehead atoms. The predicted molar refractivity (Wildman–Crippen MR) is 122 cm³/mol. The number of hydrogen-bond donors (Lipinski definition) is 0. The first kappa shape index (κ1) is 22.0. The molecule has 0 radical (unpaired) electrons. The Morgan fingerprint density at radius 2 is 1.66 bits per heavy atom. The van der Waals surface area contributed by atoms with Crippen molar-refractivity contribution in [3.05, 3.63) is 58.5 Å². The van der Waals surface area contributed by atoms with Gasteiger partial charge in [-0.1, -0.05) is 12.1 Å². The summed E-state index contributed by atoms with van der Waals surface area (Å²) in [4.78, 5) is 24.7. The van der Waals surface area contributed by atoms with E-state index in [4.69, 9.17) is 14.2 Å². The van der Waals surface area contributed by atoms with E-state index in [9.17, 15) is 9.59 Å². The zero-order valence-electron chi connectivity index (χ0n) is 18.9. The van der Waals surface area contributed by atoms with Crippen LogP contribution in [0.5, 0.6) is 11.5 Å². The Kier molecular flexibility index (Phi) is 6.53. The molecule has 4 rings (SSSR count). The van der Waals surface area contributed by atoms with Crippen molar-refractivity contribution in [2.24, 2.45) is 18.9 Å². The fourth-order valence-corrected chi connectivity index (χ4v) is 4.55. The van der Waals surface area contributed by atoms with E-state index >= 15 is 0 Å². The highest BCUT2D eigenvalue weighted by molar-refractivity contribution is 5.78. The van der Waals surface area contributed by atoms with Crippen LogP contribution in [-0.2, 0) is 29.7 Å². The molecular formula is C25H30N2O5. The van der Waals surface area contributed by atoms with Crippen LogP contribution in [0.1, 0.15) is 31.2 Å². The summed E-state index contributed by atoms with van der Waals surface area (Å²) < 4.78 is 19.6. The number of fused-ring (bicyclic) bond motifs is 1. The van der Waals surface area contributed by atoms with E-state index in [1.807, 2.05) is 47.0 Å². The lowest BCUT2D eigenvalue weighted by Gasteiger charge is -2.27. The molecular weight excluding hydrogens is 408 g/mol. The molecule has 1 aromatic heterocycles. The molecule has 1 aliphatic rings. The first-order valence-electron chi connectivity index (χ1n) is 11.0. The fraction of sp³-hybridized carbons (Fsp3) is 0.440. The highest BCUT2D eigenvalue weighted by Crippen LogP contribution is 2.31. The van der Waals surface area contributed by atoms with Crippen molar-refractivity contribution in [2.45, 2.75) is 38.8 Å². The van der Waals surface area contributed by atoms with Gasteiger partial charge in [0, 0.05) is 19.7 Å². The third-order valence-corrected chi connectivity index (χ3v) is 6.50. The molecule has 0 aliphatic heterocycles. The van der Waals surface area contributed by atoms with Gasteiger partial charge in [0.15, 0.2) is 0 Å². The average Bonchev–Trinajstić information content (AvgIpc) is 3.07. The van der Waals surface area contributed by atoms with E-state index < -0.39 is 0 Å². The van der Waals surface area contributed by atoms with Crippen LogP contribution >= 0.6 is 0 Å². The quantitative estimate of drug-likeness (QED) is 0.523. The average molecular weight is 439 g/mol. The summed E-state index contributed by atoms with van der Waals surface area (Å²) in [6.07, 6.45) is 3.45. The number of hydrogen-bond acceptors (Lipinski definition) is 5. The fourth-order valence-electron chi connectivity index (χ4n) is 4.55. The maximum Gasteiger partial charge on any atom is 0.328 e. The highest BCUT2D eigenvalue weighted by atomic mass is 16.5. The Hall–Kier alpha value is -3.22. The van der Waals surface area contributed by atoms with Crippen LogP contribution in [0.15, 0.2) is 47.3 Å². The number of rotatable bonds is 7. The van der Waals surface area contributed by atoms with E-state index in [0.717, 1.165) is 53.8 Å². The van der Waals surface area contributed by atoms with Gasteiger partial charge in [-0.05, 0) is 61.4 Å². The van der Waals surface area contributed by atoms with Crippen LogP contribution in [-0.4, -0.2) is 29.3 Å².